The maximum Gasteiger partial charge on any atom is 0.240 e. The summed E-state index contributed by atoms with van der Waals surface area (Å²) in [6.45, 7) is 0.816. The Morgan fingerprint density at radius 3 is 2.56 bits per heavy atom. The molecule has 2 N–H and O–H groups in total. The van der Waals surface area contributed by atoms with Gasteiger partial charge in [-0.25, -0.2) is 13.1 Å². The number of likely N-dealkylation sites (tertiary alicyclic amines) is 1. The van der Waals surface area contributed by atoms with E-state index in [0.29, 0.717) is 18.0 Å². The molecule has 1 aliphatic heterocycles. The van der Waals surface area contributed by atoms with Crippen molar-refractivity contribution in [3.05, 3.63) is 29.3 Å². The fourth-order valence-electron chi connectivity index (χ4n) is 2.52. The van der Waals surface area contributed by atoms with Crippen LogP contribution in [0.25, 0.3) is 0 Å². The molecule has 0 saturated carbocycles. The smallest absolute Gasteiger partial charge is 0.240 e. The zero-order chi connectivity index (χ0) is 18.3. The molecule has 1 aromatic rings. The molecule has 9 heteroatoms. The van der Waals surface area contributed by atoms with E-state index in [0.717, 1.165) is 19.3 Å². The minimum Gasteiger partial charge on any atom is -0.353 e. The summed E-state index contributed by atoms with van der Waals surface area (Å²) in [5.74, 6) is -0.294. The highest BCUT2D eigenvalue weighted by molar-refractivity contribution is 7.89. The fourth-order valence-corrected chi connectivity index (χ4v) is 3.68. The third-order valence-electron chi connectivity index (χ3n) is 3.87. The zero-order valence-corrected chi connectivity index (χ0v) is 15.4. The molecule has 0 spiro atoms. The summed E-state index contributed by atoms with van der Waals surface area (Å²) in [6.07, 6.45) is 3.24. The topological polar surface area (TPSA) is 95.6 Å². The molecular formula is C16H22ClN3O4S. The molecule has 138 valence electrons. The van der Waals surface area contributed by atoms with Crippen molar-refractivity contribution in [3.8, 4) is 0 Å². The van der Waals surface area contributed by atoms with E-state index in [2.05, 4.69) is 10.0 Å². The van der Waals surface area contributed by atoms with Crippen molar-refractivity contribution in [2.75, 3.05) is 26.2 Å². The standard InChI is InChI=1S/C16H22ClN3O4S/c17-13-5-7-14(8-6-13)25(23,24)19-10-9-18-15(21)12-20-11-3-1-2-4-16(20)22/h5-8,19H,1-4,9-12H2,(H,18,21). The van der Waals surface area contributed by atoms with Crippen LogP contribution in [0.2, 0.25) is 5.02 Å². The van der Waals surface area contributed by atoms with Gasteiger partial charge in [0.05, 0.1) is 11.4 Å². The van der Waals surface area contributed by atoms with Crippen LogP contribution in [0.4, 0.5) is 0 Å². The van der Waals surface area contributed by atoms with Crippen LogP contribution in [-0.2, 0) is 19.6 Å². The number of halogens is 1. The normalized spacial score (nSPS) is 15.7. The van der Waals surface area contributed by atoms with E-state index in [9.17, 15) is 18.0 Å². The van der Waals surface area contributed by atoms with Crippen molar-refractivity contribution in [2.24, 2.45) is 0 Å². The van der Waals surface area contributed by atoms with Crippen LogP contribution in [0.15, 0.2) is 29.2 Å². The van der Waals surface area contributed by atoms with Crippen LogP contribution in [-0.4, -0.2) is 51.3 Å². The van der Waals surface area contributed by atoms with E-state index in [4.69, 9.17) is 11.6 Å². The van der Waals surface area contributed by atoms with Crippen LogP contribution < -0.4 is 10.0 Å². The van der Waals surface area contributed by atoms with E-state index < -0.39 is 10.0 Å². The van der Waals surface area contributed by atoms with Gasteiger partial charge in [0.25, 0.3) is 0 Å². The third-order valence-corrected chi connectivity index (χ3v) is 5.60. The lowest BCUT2D eigenvalue weighted by Crippen LogP contribution is -2.42. The Hall–Kier alpha value is -1.64. The predicted octanol–water partition coefficient (Wildman–Crippen LogP) is 1.14. The van der Waals surface area contributed by atoms with Gasteiger partial charge in [-0.2, -0.15) is 0 Å². The number of benzene rings is 1. The van der Waals surface area contributed by atoms with Crippen molar-refractivity contribution in [1.29, 1.82) is 0 Å². The summed E-state index contributed by atoms with van der Waals surface area (Å²) in [6, 6.07) is 5.81. The van der Waals surface area contributed by atoms with E-state index in [-0.39, 0.29) is 36.3 Å². The number of amides is 2. The molecule has 1 aliphatic rings. The van der Waals surface area contributed by atoms with Crippen LogP contribution >= 0.6 is 11.6 Å². The molecule has 0 bridgehead atoms. The fraction of sp³-hybridized carbons (Fsp3) is 0.500. The lowest BCUT2D eigenvalue weighted by atomic mass is 10.2. The van der Waals surface area contributed by atoms with Gasteiger partial charge in [0.1, 0.15) is 0 Å². The van der Waals surface area contributed by atoms with Crippen LogP contribution in [0.1, 0.15) is 25.7 Å². The Balaban J connectivity index is 1.73. The summed E-state index contributed by atoms with van der Waals surface area (Å²) in [4.78, 5) is 25.4. The predicted molar refractivity (Wildman–Crippen MR) is 94.7 cm³/mol. The Morgan fingerprint density at radius 1 is 1.12 bits per heavy atom. The maximum absolute atomic E-state index is 12.1. The number of hydrogen-bond acceptors (Lipinski definition) is 4. The summed E-state index contributed by atoms with van der Waals surface area (Å²) in [5.41, 5.74) is 0. The van der Waals surface area contributed by atoms with E-state index in [1.807, 2.05) is 0 Å². The number of sulfonamides is 1. The van der Waals surface area contributed by atoms with Crippen LogP contribution in [0, 0.1) is 0 Å². The molecule has 7 nitrogen and oxygen atoms in total. The molecule has 2 amide bonds. The Bertz CT molecular complexity index is 707. The van der Waals surface area contributed by atoms with Crippen molar-refractivity contribution in [2.45, 2.75) is 30.6 Å². The second-order valence-electron chi connectivity index (χ2n) is 5.83. The van der Waals surface area contributed by atoms with Crippen molar-refractivity contribution in [1.82, 2.24) is 14.9 Å². The van der Waals surface area contributed by atoms with Crippen molar-refractivity contribution >= 4 is 33.4 Å². The van der Waals surface area contributed by atoms with Crippen molar-refractivity contribution in [3.63, 3.8) is 0 Å². The van der Waals surface area contributed by atoms with Gasteiger partial charge in [0.2, 0.25) is 21.8 Å². The molecule has 1 saturated heterocycles. The molecule has 1 fully saturated rings. The average molecular weight is 388 g/mol. The van der Waals surface area contributed by atoms with Gasteiger partial charge in [0.15, 0.2) is 0 Å². The van der Waals surface area contributed by atoms with Crippen LogP contribution in [0.5, 0.6) is 0 Å². The molecule has 0 unspecified atom stereocenters. The highest BCUT2D eigenvalue weighted by Gasteiger charge is 2.19. The minimum absolute atomic E-state index is 0.00362. The summed E-state index contributed by atoms with van der Waals surface area (Å²) in [5, 5.41) is 3.08. The van der Waals surface area contributed by atoms with Gasteiger partial charge < -0.3 is 10.2 Å². The number of nitrogens with one attached hydrogen (secondary N) is 2. The van der Waals surface area contributed by atoms with Gasteiger partial charge in [-0.3, -0.25) is 9.59 Å². The Morgan fingerprint density at radius 2 is 1.84 bits per heavy atom. The number of hydrogen-bond donors (Lipinski definition) is 2. The second kappa shape index (κ2) is 9.17. The number of carbonyl (C=O) groups is 2. The van der Waals surface area contributed by atoms with Crippen molar-refractivity contribution < 1.29 is 18.0 Å². The first-order valence-corrected chi connectivity index (χ1v) is 10.0. The van der Waals surface area contributed by atoms with E-state index in [1.54, 1.807) is 4.90 Å². The molecule has 0 atom stereocenters. The molecule has 0 aromatic heterocycles. The quantitative estimate of drug-likeness (QED) is 0.686. The summed E-state index contributed by atoms with van der Waals surface area (Å²) < 4.78 is 26.5. The van der Waals surface area contributed by atoms with Gasteiger partial charge in [-0.1, -0.05) is 18.0 Å². The SMILES string of the molecule is O=C(CN1CCCCCC1=O)NCCNS(=O)(=O)c1ccc(Cl)cc1. The lowest BCUT2D eigenvalue weighted by molar-refractivity contribution is -0.135. The van der Waals surface area contributed by atoms with Gasteiger partial charge in [0, 0.05) is 31.1 Å². The number of nitrogens with zero attached hydrogens (tertiary/aromatic N) is 1. The number of carbonyl (C=O) groups excluding carboxylic acids is 2. The highest BCUT2D eigenvalue weighted by atomic mass is 35.5. The Kier molecular flexibility index (Phi) is 7.22. The largest absolute Gasteiger partial charge is 0.353 e. The van der Waals surface area contributed by atoms with Gasteiger partial charge in [-0.15, -0.1) is 0 Å². The van der Waals surface area contributed by atoms with Gasteiger partial charge >= 0.3 is 0 Å². The summed E-state index contributed by atoms with van der Waals surface area (Å²) in [7, 11) is -3.64. The Labute approximate surface area is 152 Å². The zero-order valence-electron chi connectivity index (χ0n) is 13.8. The average Bonchev–Trinajstić information content (AvgIpc) is 2.77. The number of rotatable bonds is 7. The molecule has 25 heavy (non-hydrogen) atoms. The third kappa shape index (κ3) is 6.30. The first-order chi connectivity index (χ1) is 11.9. The van der Waals surface area contributed by atoms with Gasteiger partial charge in [-0.05, 0) is 37.1 Å². The molecule has 2 rings (SSSR count). The monoisotopic (exact) mass is 387 g/mol. The highest BCUT2D eigenvalue weighted by Crippen LogP contribution is 2.13. The molecule has 1 aromatic carbocycles. The second-order valence-corrected chi connectivity index (χ2v) is 8.03. The summed E-state index contributed by atoms with van der Waals surface area (Å²) >= 11 is 5.73. The maximum atomic E-state index is 12.1. The molecular weight excluding hydrogens is 366 g/mol. The first kappa shape index (κ1) is 19.7. The molecule has 0 aliphatic carbocycles. The minimum atomic E-state index is -3.64. The molecule has 1 heterocycles. The first-order valence-electron chi connectivity index (χ1n) is 8.18. The van der Waals surface area contributed by atoms with E-state index in [1.165, 1.54) is 24.3 Å². The molecule has 0 radical (unpaired) electrons. The van der Waals surface area contributed by atoms with Crippen LogP contribution in [0.3, 0.4) is 0 Å². The lowest BCUT2D eigenvalue weighted by Gasteiger charge is -2.19. The van der Waals surface area contributed by atoms with E-state index >= 15 is 0 Å².